The molecule has 2 rings (SSSR count). The zero-order valence-corrected chi connectivity index (χ0v) is 9.44. The van der Waals surface area contributed by atoms with E-state index < -0.39 is 0 Å². The Kier molecular flexibility index (Phi) is 3.13. The number of nitrogens with zero attached hydrogens (tertiary/aromatic N) is 3. The van der Waals surface area contributed by atoms with Gasteiger partial charge in [0.15, 0.2) is 0 Å². The average Bonchev–Trinajstić information content (AvgIpc) is 2.84. The number of hydrogen-bond acceptors (Lipinski definition) is 4. The Labute approximate surface area is 92.8 Å². The minimum absolute atomic E-state index is 0.0384. The molecule has 0 aromatic carbocycles. The lowest BCUT2D eigenvalue weighted by Crippen LogP contribution is -2.11. The maximum absolute atomic E-state index is 6.01. The van der Waals surface area contributed by atoms with Gasteiger partial charge in [-0.15, -0.1) is 11.3 Å². The highest BCUT2D eigenvalue weighted by atomic mass is 32.1. The van der Waals surface area contributed by atoms with Gasteiger partial charge in [-0.3, -0.25) is 4.68 Å². The van der Waals surface area contributed by atoms with Crippen molar-refractivity contribution in [1.82, 2.24) is 14.8 Å². The molecule has 0 aliphatic heterocycles. The second-order valence-electron chi connectivity index (χ2n) is 3.58. The highest BCUT2D eigenvalue weighted by Crippen LogP contribution is 2.16. The molecule has 15 heavy (non-hydrogen) atoms. The lowest BCUT2D eigenvalue weighted by molar-refractivity contribution is 0.637. The summed E-state index contributed by atoms with van der Waals surface area (Å²) in [5.74, 6) is 0. The van der Waals surface area contributed by atoms with E-state index in [1.54, 1.807) is 11.3 Å². The first-order valence-corrected chi connectivity index (χ1v) is 5.81. The standard InChI is InChI=1S/C10H14N4S/c1-14-5-8(4-13-14)2-3-9(11)10-6-15-7-12-10/h4-7,9H,2-3,11H2,1H3. The van der Waals surface area contributed by atoms with Crippen molar-refractivity contribution in [1.29, 1.82) is 0 Å². The summed E-state index contributed by atoms with van der Waals surface area (Å²) in [4.78, 5) is 4.21. The van der Waals surface area contributed by atoms with Crippen molar-refractivity contribution in [3.63, 3.8) is 0 Å². The maximum Gasteiger partial charge on any atom is 0.0795 e. The lowest BCUT2D eigenvalue weighted by atomic mass is 10.1. The van der Waals surface area contributed by atoms with E-state index >= 15 is 0 Å². The molecule has 2 aromatic heterocycles. The van der Waals surface area contributed by atoms with Gasteiger partial charge in [0.2, 0.25) is 0 Å². The minimum atomic E-state index is 0.0384. The minimum Gasteiger partial charge on any atom is -0.323 e. The van der Waals surface area contributed by atoms with Crippen LogP contribution in [0.5, 0.6) is 0 Å². The summed E-state index contributed by atoms with van der Waals surface area (Å²) in [5.41, 5.74) is 10.0. The second-order valence-corrected chi connectivity index (χ2v) is 4.30. The monoisotopic (exact) mass is 222 g/mol. The first-order valence-electron chi connectivity index (χ1n) is 4.87. The number of rotatable bonds is 4. The summed E-state index contributed by atoms with van der Waals surface area (Å²) in [5, 5.41) is 6.13. The van der Waals surface area contributed by atoms with E-state index in [0.29, 0.717) is 0 Å². The Hall–Kier alpha value is -1.20. The Balaban J connectivity index is 1.88. The summed E-state index contributed by atoms with van der Waals surface area (Å²) < 4.78 is 1.81. The van der Waals surface area contributed by atoms with E-state index in [1.165, 1.54) is 5.56 Å². The van der Waals surface area contributed by atoms with Crippen molar-refractivity contribution in [2.75, 3.05) is 0 Å². The molecule has 2 N–H and O–H groups in total. The summed E-state index contributed by atoms with van der Waals surface area (Å²) >= 11 is 1.59. The van der Waals surface area contributed by atoms with Gasteiger partial charge >= 0.3 is 0 Å². The number of hydrogen-bond donors (Lipinski definition) is 1. The molecule has 0 radical (unpaired) electrons. The fraction of sp³-hybridized carbons (Fsp3) is 0.400. The van der Waals surface area contributed by atoms with Crippen LogP contribution in [0.15, 0.2) is 23.3 Å². The lowest BCUT2D eigenvalue weighted by Gasteiger charge is -2.06. The van der Waals surface area contributed by atoms with Gasteiger partial charge in [-0.2, -0.15) is 5.10 Å². The van der Waals surface area contributed by atoms with Gasteiger partial charge in [0, 0.05) is 24.7 Å². The molecule has 4 nitrogen and oxygen atoms in total. The van der Waals surface area contributed by atoms with E-state index in [4.69, 9.17) is 5.73 Å². The van der Waals surface area contributed by atoms with Crippen molar-refractivity contribution < 1.29 is 0 Å². The molecule has 0 amide bonds. The molecule has 0 aliphatic carbocycles. The smallest absolute Gasteiger partial charge is 0.0795 e. The van der Waals surface area contributed by atoms with Crippen LogP contribution in [0.4, 0.5) is 0 Å². The summed E-state index contributed by atoms with van der Waals surface area (Å²) in [6, 6.07) is 0.0384. The summed E-state index contributed by atoms with van der Waals surface area (Å²) in [6.45, 7) is 0. The fourth-order valence-electron chi connectivity index (χ4n) is 1.48. The van der Waals surface area contributed by atoms with Crippen LogP contribution in [-0.4, -0.2) is 14.8 Å². The summed E-state index contributed by atoms with van der Waals surface area (Å²) in [7, 11) is 1.92. The molecule has 0 spiro atoms. The maximum atomic E-state index is 6.01. The quantitative estimate of drug-likeness (QED) is 0.853. The second kappa shape index (κ2) is 4.55. The molecule has 80 valence electrons. The van der Waals surface area contributed by atoms with Crippen molar-refractivity contribution in [2.45, 2.75) is 18.9 Å². The SMILES string of the molecule is Cn1cc(CCC(N)c2cscn2)cn1. The molecule has 2 heterocycles. The molecule has 0 saturated heterocycles. The van der Waals surface area contributed by atoms with Crippen LogP contribution in [-0.2, 0) is 13.5 Å². The Morgan fingerprint density at radius 2 is 2.47 bits per heavy atom. The number of aryl methyl sites for hydroxylation is 2. The number of nitrogens with two attached hydrogens (primary N) is 1. The third-order valence-electron chi connectivity index (χ3n) is 2.33. The van der Waals surface area contributed by atoms with Crippen LogP contribution in [0.1, 0.15) is 23.7 Å². The molecular formula is C10H14N4S. The Bertz CT molecular complexity index is 407. The van der Waals surface area contributed by atoms with Crippen molar-refractivity contribution >= 4 is 11.3 Å². The predicted molar refractivity (Wildman–Crippen MR) is 60.6 cm³/mol. The van der Waals surface area contributed by atoms with Crippen LogP contribution in [0.3, 0.4) is 0 Å². The van der Waals surface area contributed by atoms with Crippen molar-refractivity contribution in [3.8, 4) is 0 Å². The highest BCUT2D eigenvalue weighted by Gasteiger charge is 2.08. The van der Waals surface area contributed by atoms with E-state index in [9.17, 15) is 0 Å². The average molecular weight is 222 g/mol. The fourth-order valence-corrected chi connectivity index (χ4v) is 2.09. The molecule has 0 bridgehead atoms. The third-order valence-corrected chi connectivity index (χ3v) is 2.94. The van der Waals surface area contributed by atoms with Gasteiger partial charge in [-0.1, -0.05) is 0 Å². The molecule has 5 heteroatoms. The Morgan fingerprint density at radius 1 is 1.60 bits per heavy atom. The Morgan fingerprint density at radius 3 is 3.07 bits per heavy atom. The first-order chi connectivity index (χ1) is 7.25. The number of aromatic nitrogens is 3. The van der Waals surface area contributed by atoms with Crippen LogP contribution in [0.2, 0.25) is 0 Å². The van der Waals surface area contributed by atoms with Gasteiger partial charge < -0.3 is 5.73 Å². The van der Waals surface area contributed by atoms with Crippen LogP contribution < -0.4 is 5.73 Å². The molecule has 0 aliphatic rings. The molecule has 1 unspecified atom stereocenters. The van der Waals surface area contributed by atoms with E-state index in [1.807, 2.05) is 35.0 Å². The van der Waals surface area contributed by atoms with E-state index in [-0.39, 0.29) is 6.04 Å². The van der Waals surface area contributed by atoms with Crippen molar-refractivity contribution in [2.24, 2.45) is 12.8 Å². The van der Waals surface area contributed by atoms with Crippen LogP contribution >= 0.6 is 11.3 Å². The third kappa shape index (κ3) is 2.64. The largest absolute Gasteiger partial charge is 0.323 e. The molecule has 0 fully saturated rings. The topological polar surface area (TPSA) is 56.7 Å². The van der Waals surface area contributed by atoms with Crippen LogP contribution in [0, 0.1) is 0 Å². The van der Waals surface area contributed by atoms with Crippen molar-refractivity contribution in [3.05, 3.63) is 34.5 Å². The van der Waals surface area contributed by atoms with Gasteiger partial charge in [-0.25, -0.2) is 4.98 Å². The zero-order chi connectivity index (χ0) is 10.7. The predicted octanol–water partition coefficient (Wildman–Crippen LogP) is 1.51. The van der Waals surface area contributed by atoms with E-state index in [2.05, 4.69) is 10.1 Å². The normalized spacial score (nSPS) is 12.9. The van der Waals surface area contributed by atoms with Crippen LogP contribution in [0.25, 0.3) is 0 Å². The zero-order valence-electron chi connectivity index (χ0n) is 8.63. The molecule has 0 saturated carbocycles. The van der Waals surface area contributed by atoms with Gasteiger partial charge in [0.1, 0.15) is 0 Å². The van der Waals surface area contributed by atoms with Gasteiger partial charge in [-0.05, 0) is 18.4 Å². The summed E-state index contributed by atoms with van der Waals surface area (Å²) in [6.07, 6.45) is 5.77. The highest BCUT2D eigenvalue weighted by molar-refractivity contribution is 7.07. The molecule has 1 atom stereocenters. The first kappa shape index (κ1) is 10.3. The van der Waals surface area contributed by atoms with Gasteiger partial charge in [0.05, 0.1) is 17.4 Å². The number of thiazole rings is 1. The molecular weight excluding hydrogens is 208 g/mol. The molecule has 2 aromatic rings. The van der Waals surface area contributed by atoms with Gasteiger partial charge in [0.25, 0.3) is 0 Å². The van der Waals surface area contributed by atoms with E-state index in [0.717, 1.165) is 18.5 Å².